The Morgan fingerprint density at radius 1 is 0.596 bits per heavy atom. The molecule has 0 aliphatic heterocycles. The van der Waals surface area contributed by atoms with E-state index in [2.05, 4.69) is 13.2 Å². The smallest absolute Gasteiger partial charge is 0.343 e. The average molecular weight is 710 g/mol. The van der Waals surface area contributed by atoms with E-state index in [1.165, 1.54) is 24.3 Å². The molecule has 1 aromatic heterocycles. The minimum Gasteiger partial charge on any atom is -0.494 e. The third kappa shape index (κ3) is 12.8. The number of likely N-dealkylation sites (N-methyl/N-ethyl adjacent to an activating group) is 1. The molecule has 0 unspecified atom stereocenters. The topological polar surface area (TPSA) is 131 Å². The van der Waals surface area contributed by atoms with E-state index in [1.807, 2.05) is 41.0 Å². The molecule has 0 atom stereocenters. The zero-order valence-corrected chi connectivity index (χ0v) is 28.9. The zero-order valence-electron chi connectivity index (χ0n) is 28.9. The Hall–Kier alpha value is -6.43. The molecule has 270 valence electrons. The molecule has 0 N–H and O–H groups in total. The number of esters is 4. The number of anilines is 1. The molecule has 0 bridgehead atoms. The highest BCUT2D eigenvalue weighted by Gasteiger charge is 2.13. The number of nitrogens with zero attached hydrogens (tertiary/aromatic N) is 2. The van der Waals surface area contributed by atoms with Gasteiger partial charge in [-0.2, -0.15) is 0 Å². The van der Waals surface area contributed by atoms with Crippen LogP contribution in [0.1, 0.15) is 33.6 Å². The summed E-state index contributed by atoms with van der Waals surface area (Å²) < 4.78 is 34.4. The van der Waals surface area contributed by atoms with Crippen LogP contribution in [0.4, 0.5) is 5.69 Å². The lowest BCUT2D eigenvalue weighted by molar-refractivity contribution is -0.697. The van der Waals surface area contributed by atoms with E-state index < -0.39 is 23.9 Å². The molecule has 0 amide bonds. The van der Waals surface area contributed by atoms with Crippen LogP contribution in [0.5, 0.6) is 23.0 Å². The summed E-state index contributed by atoms with van der Waals surface area (Å²) in [6.45, 7) is 9.30. The van der Waals surface area contributed by atoms with Crippen LogP contribution in [0.15, 0.2) is 123 Å². The van der Waals surface area contributed by atoms with E-state index in [0.29, 0.717) is 68.4 Å². The summed E-state index contributed by atoms with van der Waals surface area (Å²) in [5.41, 5.74) is 1.67. The number of hydrogen-bond donors (Lipinski definition) is 0. The Morgan fingerprint density at radius 3 is 1.54 bits per heavy atom. The lowest BCUT2D eigenvalue weighted by Crippen LogP contribution is -2.36. The van der Waals surface area contributed by atoms with Crippen LogP contribution >= 0.6 is 0 Å². The third-order valence-corrected chi connectivity index (χ3v) is 7.41. The van der Waals surface area contributed by atoms with Gasteiger partial charge >= 0.3 is 23.9 Å². The first kappa shape index (κ1) is 38.4. The molecule has 12 heteroatoms. The number of carbonyl (C=O) groups is 4. The molecular weight excluding hydrogens is 668 g/mol. The fraction of sp³-hybridized carbons (Fsp3) is 0.225. The number of benzene rings is 3. The minimum atomic E-state index is -0.551. The molecule has 0 aliphatic carbocycles. The van der Waals surface area contributed by atoms with Gasteiger partial charge in [0.25, 0.3) is 0 Å². The Labute approximate surface area is 302 Å². The summed E-state index contributed by atoms with van der Waals surface area (Å²) >= 11 is 0. The van der Waals surface area contributed by atoms with Crippen molar-refractivity contribution in [2.75, 3.05) is 44.9 Å². The molecule has 0 saturated heterocycles. The van der Waals surface area contributed by atoms with Crippen LogP contribution in [0.2, 0.25) is 0 Å². The first-order valence-electron chi connectivity index (χ1n) is 16.5. The minimum absolute atomic E-state index is 0.269. The SMILES string of the molecule is C=CC(=O)OCCCCOc1ccc(C(=O)Oc2ccc(OC(=O)c3ccc(OCC[n+]4ccc(N(C)CCOC(=O)C=C)cc4)cc3)cc2)cc1. The van der Waals surface area contributed by atoms with Crippen molar-refractivity contribution < 1.29 is 52.2 Å². The first-order chi connectivity index (χ1) is 25.2. The van der Waals surface area contributed by atoms with E-state index >= 15 is 0 Å². The Balaban J connectivity index is 1.15. The van der Waals surface area contributed by atoms with Gasteiger partial charge in [0.05, 0.1) is 30.9 Å². The van der Waals surface area contributed by atoms with Crippen LogP contribution in [0.3, 0.4) is 0 Å². The summed E-state index contributed by atoms with van der Waals surface area (Å²) in [7, 11) is 1.92. The van der Waals surface area contributed by atoms with Gasteiger partial charge in [0.1, 0.15) is 36.2 Å². The second-order valence-corrected chi connectivity index (χ2v) is 11.2. The van der Waals surface area contributed by atoms with Gasteiger partial charge in [-0.3, -0.25) is 0 Å². The molecule has 0 aliphatic rings. The number of pyridine rings is 1. The lowest BCUT2D eigenvalue weighted by Gasteiger charge is -2.18. The van der Waals surface area contributed by atoms with Gasteiger partial charge in [-0.25, -0.2) is 23.7 Å². The van der Waals surface area contributed by atoms with Crippen LogP contribution in [0, 0.1) is 0 Å². The van der Waals surface area contributed by atoms with Crippen molar-refractivity contribution in [3.8, 4) is 23.0 Å². The summed E-state index contributed by atoms with van der Waals surface area (Å²) in [5, 5.41) is 0. The number of ether oxygens (including phenoxy) is 6. The van der Waals surface area contributed by atoms with Crippen molar-refractivity contribution in [2.24, 2.45) is 0 Å². The summed E-state index contributed by atoms with van der Waals surface area (Å²) in [6.07, 6.45) is 7.50. The molecule has 0 radical (unpaired) electrons. The number of aromatic nitrogens is 1. The molecule has 0 saturated carbocycles. The average Bonchev–Trinajstić information content (AvgIpc) is 3.17. The maximum Gasteiger partial charge on any atom is 0.343 e. The number of rotatable bonds is 20. The van der Waals surface area contributed by atoms with Crippen molar-refractivity contribution in [3.63, 3.8) is 0 Å². The number of carbonyl (C=O) groups excluding carboxylic acids is 4. The second kappa shape index (κ2) is 20.3. The highest BCUT2D eigenvalue weighted by molar-refractivity contribution is 5.92. The maximum atomic E-state index is 12.7. The Kier molecular flexibility index (Phi) is 15.0. The quantitative estimate of drug-likeness (QED) is 0.0377. The molecule has 4 rings (SSSR count). The molecular formula is C40H41N2O10+. The van der Waals surface area contributed by atoms with Crippen molar-refractivity contribution in [3.05, 3.63) is 134 Å². The van der Waals surface area contributed by atoms with Gasteiger partial charge in [0.15, 0.2) is 18.9 Å². The molecule has 12 nitrogen and oxygen atoms in total. The Bertz CT molecular complexity index is 1790. The number of unbranched alkanes of at least 4 members (excludes halogenated alkanes) is 1. The monoisotopic (exact) mass is 709 g/mol. The van der Waals surface area contributed by atoms with Gasteiger partial charge < -0.3 is 33.3 Å². The fourth-order valence-electron chi connectivity index (χ4n) is 4.50. The van der Waals surface area contributed by atoms with Crippen LogP contribution in [-0.2, 0) is 25.6 Å². The van der Waals surface area contributed by atoms with Crippen molar-refractivity contribution >= 4 is 29.6 Å². The van der Waals surface area contributed by atoms with E-state index in [0.717, 1.165) is 17.8 Å². The Morgan fingerprint density at radius 2 is 1.04 bits per heavy atom. The van der Waals surface area contributed by atoms with E-state index in [4.69, 9.17) is 28.4 Å². The highest BCUT2D eigenvalue weighted by Crippen LogP contribution is 2.21. The van der Waals surface area contributed by atoms with Gasteiger partial charge in [0.2, 0.25) is 0 Å². The summed E-state index contributed by atoms with van der Waals surface area (Å²) in [4.78, 5) is 49.5. The summed E-state index contributed by atoms with van der Waals surface area (Å²) in [5.74, 6) is -0.213. The zero-order chi connectivity index (χ0) is 37.1. The maximum absolute atomic E-state index is 12.7. The molecule has 0 fully saturated rings. The molecule has 52 heavy (non-hydrogen) atoms. The van der Waals surface area contributed by atoms with Crippen LogP contribution in [-0.4, -0.2) is 63.9 Å². The van der Waals surface area contributed by atoms with E-state index in [-0.39, 0.29) is 18.1 Å². The van der Waals surface area contributed by atoms with Gasteiger partial charge in [-0.05, 0) is 85.6 Å². The predicted molar refractivity (Wildman–Crippen MR) is 192 cm³/mol. The van der Waals surface area contributed by atoms with Crippen molar-refractivity contribution in [1.29, 1.82) is 0 Å². The predicted octanol–water partition coefficient (Wildman–Crippen LogP) is 5.55. The lowest BCUT2D eigenvalue weighted by atomic mass is 10.2. The van der Waals surface area contributed by atoms with Gasteiger partial charge in [0, 0.05) is 37.0 Å². The van der Waals surface area contributed by atoms with Gasteiger partial charge in [-0.1, -0.05) is 13.2 Å². The molecule has 4 aromatic rings. The molecule has 3 aromatic carbocycles. The number of hydrogen-bond acceptors (Lipinski definition) is 11. The largest absolute Gasteiger partial charge is 0.494 e. The first-order valence-corrected chi connectivity index (χ1v) is 16.5. The van der Waals surface area contributed by atoms with Gasteiger partial charge in [-0.15, -0.1) is 0 Å². The normalized spacial score (nSPS) is 10.3. The summed E-state index contributed by atoms with van der Waals surface area (Å²) in [6, 6.07) is 23.3. The highest BCUT2D eigenvalue weighted by atomic mass is 16.5. The third-order valence-electron chi connectivity index (χ3n) is 7.41. The van der Waals surface area contributed by atoms with E-state index in [1.54, 1.807) is 48.5 Å². The second-order valence-electron chi connectivity index (χ2n) is 11.2. The standard InChI is InChI=1S/C40H41N2O10/c1-4-37(43)49-27-7-6-26-47-33-12-8-30(9-13-33)39(45)51-35-16-18-36(19-17-35)52-40(46)31-10-14-34(15-11-31)48-29-25-42-22-20-32(21-23-42)41(3)24-28-50-38(44)5-2/h4-5,8-23H,1-2,6-7,24-29H2,3H3/q+1. The van der Waals surface area contributed by atoms with E-state index in [9.17, 15) is 19.2 Å². The fourth-order valence-corrected chi connectivity index (χ4v) is 4.50. The molecule has 0 spiro atoms. The van der Waals surface area contributed by atoms with Crippen LogP contribution in [0.25, 0.3) is 0 Å². The van der Waals surface area contributed by atoms with Crippen molar-refractivity contribution in [2.45, 2.75) is 19.4 Å². The van der Waals surface area contributed by atoms with Crippen LogP contribution < -0.4 is 28.4 Å². The van der Waals surface area contributed by atoms with Crippen molar-refractivity contribution in [1.82, 2.24) is 0 Å². The molecule has 1 heterocycles.